The molecule has 0 unspecified atom stereocenters. The van der Waals surface area contributed by atoms with Crippen molar-refractivity contribution in [1.82, 2.24) is 0 Å². The molecule has 4 fully saturated rings. The van der Waals surface area contributed by atoms with Crippen LogP contribution in [0.25, 0.3) is 0 Å². The van der Waals surface area contributed by atoms with Crippen LogP contribution in [-0.2, 0) is 28.6 Å². The van der Waals surface area contributed by atoms with Crippen molar-refractivity contribution in [2.24, 2.45) is 28.1 Å². The lowest BCUT2D eigenvalue weighted by Crippen LogP contribution is -2.72. The standard InChI is InChI=1S/C32H46O15/c1-28(2,43)17-10-19(35)31(5)16(30(17,4)18(34)11-20(36)37)6-8-29(3,32(31)25(47-32)26(41)42)24(14-7-9-44-13-14)46-27-23(40)22(39)21(38)15(12-33)45-27/h7,9,13,15-18,21-25,27,33-34,38-40,43H,6,8,10-12H2,1-5H3,(H,36,37)(H,41,42)/t15-,16-,17+,18+,21-,22+,23-,24+,25-,27+,29+,30-,31+,32-/m1/s1. The summed E-state index contributed by atoms with van der Waals surface area (Å²) >= 11 is 0. The summed E-state index contributed by atoms with van der Waals surface area (Å²) in [4.78, 5) is 39.2. The number of ketones is 1. The van der Waals surface area contributed by atoms with Crippen LogP contribution in [0.1, 0.15) is 72.0 Å². The average Bonchev–Trinajstić information content (AvgIpc) is 3.55. The van der Waals surface area contributed by atoms with Gasteiger partial charge in [-0.05, 0) is 45.6 Å². The third kappa shape index (κ3) is 5.08. The van der Waals surface area contributed by atoms with Gasteiger partial charge >= 0.3 is 11.9 Å². The summed E-state index contributed by atoms with van der Waals surface area (Å²) in [6.45, 7) is 7.11. The molecule has 2 saturated carbocycles. The smallest absolute Gasteiger partial charge is 0.335 e. The first-order valence-corrected chi connectivity index (χ1v) is 15.8. The number of rotatable bonds is 10. The van der Waals surface area contributed by atoms with Crippen molar-refractivity contribution in [3.05, 3.63) is 24.2 Å². The Morgan fingerprint density at radius 2 is 1.77 bits per heavy atom. The van der Waals surface area contributed by atoms with Crippen molar-refractivity contribution in [3.8, 4) is 0 Å². The Balaban J connectivity index is 1.67. The maximum atomic E-state index is 14.6. The van der Waals surface area contributed by atoms with Crippen molar-refractivity contribution in [2.45, 2.75) is 121 Å². The van der Waals surface area contributed by atoms with E-state index in [1.54, 1.807) is 20.8 Å². The summed E-state index contributed by atoms with van der Waals surface area (Å²) in [5, 5.41) is 84.4. The molecule has 8 N–H and O–H groups in total. The zero-order chi connectivity index (χ0) is 35.1. The number of aliphatic carboxylic acids is 2. The number of hydrogen-bond donors (Lipinski definition) is 8. The largest absolute Gasteiger partial charge is 0.481 e. The Bertz CT molecular complexity index is 1360. The number of epoxide rings is 1. The Morgan fingerprint density at radius 1 is 1.11 bits per heavy atom. The number of Topliss-reactive ketones (excluding diaryl/α,β-unsaturated/α-hetero) is 1. The summed E-state index contributed by atoms with van der Waals surface area (Å²) in [6, 6.07) is 1.54. The van der Waals surface area contributed by atoms with Gasteiger partial charge < -0.3 is 59.5 Å². The summed E-state index contributed by atoms with van der Waals surface area (Å²) in [5.41, 5.74) is -7.56. The van der Waals surface area contributed by atoms with Crippen LogP contribution in [0, 0.1) is 28.1 Å². The van der Waals surface area contributed by atoms with Crippen LogP contribution in [0.15, 0.2) is 23.0 Å². The number of carboxylic acids is 2. The van der Waals surface area contributed by atoms with E-state index in [9.17, 15) is 55.2 Å². The Kier molecular flexibility index (Phi) is 9.03. The summed E-state index contributed by atoms with van der Waals surface area (Å²) in [5.74, 6) is -4.89. The van der Waals surface area contributed by atoms with Crippen LogP contribution < -0.4 is 0 Å². The molecule has 1 aromatic heterocycles. The van der Waals surface area contributed by atoms with Crippen molar-refractivity contribution in [2.75, 3.05) is 6.61 Å². The van der Waals surface area contributed by atoms with E-state index in [2.05, 4.69) is 0 Å². The number of carbonyl (C=O) groups is 3. The second-order valence-corrected chi connectivity index (χ2v) is 14.9. The number of carbonyl (C=O) groups excluding carboxylic acids is 1. The first-order chi connectivity index (χ1) is 21.7. The highest BCUT2D eigenvalue weighted by atomic mass is 16.7. The molecule has 2 aliphatic heterocycles. The molecule has 264 valence electrons. The van der Waals surface area contributed by atoms with Crippen LogP contribution in [0.4, 0.5) is 0 Å². The molecular formula is C32H46O15. The summed E-state index contributed by atoms with van der Waals surface area (Å²) in [7, 11) is 0. The number of fused-ring (bicyclic) bond motifs is 2. The molecule has 4 aliphatic rings. The van der Waals surface area contributed by atoms with Crippen LogP contribution in [0.2, 0.25) is 0 Å². The van der Waals surface area contributed by atoms with Crippen molar-refractivity contribution >= 4 is 17.7 Å². The molecule has 1 spiro atoms. The van der Waals surface area contributed by atoms with Crippen LogP contribution in [-0.4, -0.2) is 119 Å². The fourth-order valence-electron chi connectivity index (χ4n) is 9.69. The van der Waals surface area contributed by atoms with Crippen molar-refractivity contribution < 1.29 is 73.9 Å². The van der Waals surface area contributed by atoms with Gasteiger partial charge in [0.15, 0.2) is 12.4 Å². The molecule has 2 saturated heterocycles. The minimum absolute atomic E-state index is 0.0749. The maximum absolute atomic E-state index is 14.6. The molecule has 15 nitrogen and oxygen atoms in total. The third-order valence-electron chi connectivity index (χ3n) is 12.1. The van der Waals surface area contributed by atoms with E-state index in [0.29, 0.717) is 5.56 Å². The lowest BCUT2D eigenvalue weighted by molar-refractivity contribution is -0.328. The zero-order valence-corrected chi connectivity index (χ0v) is 27.0. The molecule has 47 heavy (non-hydrogen) atoms. The quantitative estimate of drug-likeness (QED) is 0.152. The SMILES string of the molecule is CC(C)(O)[C@@H]1CC(=O)[C@]2(C)[C@H](CC[C@@](C)([C@@H](O[C@@H]3O[C@H](CO)[C@@H](O)[C@H](O)[C@H]3O)c3ccoc3)[C@@]23O[C@@H]3C(=O)O)[C@@]1(C)[C@@H](O)CC(=O)O. The van der Waals surface area contributed by atoms with Gasteiger partial charge in [0, 0.05) is 28.7 Å². The highest BCUT2D eigenvalue weighted by molar-refractivity contribution is 5.92. The Morgan fingerprint density at radius 3 is 2.28 bits per heavy atom. The van der Waals surface area contributed by atoms with Gasteiger partial charge in [0.05, 0.1) is 48.8 Å². The van der Waals surface area contributed by atoms with E-state index < -0.39 is 119 Å². The zero-order valence-electron chi connectivity index (χ0n) is 27.0. The molecule has 0 amide bonds. The van der Waals surface area contributed by atoms with E-state index in [4.69, 9.17) is 18.6 Å². The normalized spacial score (nSPS) is 44.9. The maximum Gasteiger partial charge on any atom is 0.335 e. The first kappa shape index (κ1) is 35.8. The molecule has 0 radical (unpaired) electrons. The van der Waals surface area contributed by atoms with Crippen molar-refractivity contribution in [3.63, 3.8) is 0 Å². The minimum atomic E-state index is -1.84. The number of aliphatic hydroxyl groups excluding tert-OH is 5. The van der Waals surface area contributed by atoms with E-state index >= 15 is 0 Å². The van der Waals surface area contributed by atoms with Crippen molar-refractivity contribution in [1.29, 1.82) is 0 Å². The van der Waals surface area contributed by atoms with Gasteiger partial charge in [-0.1, -0.05) is 13.8 Å². The number of aliphatic hydroxyl groups is 6. The summed E-state index contributed by atoms with van der Waals surface area (Å²) < 4.78 is 23.6. The predicted octanol–water partition coefficient (Wildman–Crippen LogP) is -0.0162. The highest BCUT2D eigenvalue weighted by Crippen LogP contribution is 2.77. The molecule has 1 aromatic rings. The topological polar surface area (TPSA) is 257 Å². The van der Waals surface area contributed by atoms with Crippen LogP contribution in [0.3, 0.4) is 0 Å². The fraction of sp³-hybridized carbons (Fsp3) is 0.781. The molecule has 3 heterocycles. The van der Waals surface area contributed by atoms with E-state index in [-0.39, 0.29) is 19.3 Å². The molecule has 5 rings (SSSR count). The van der Waals surface area contributed by atoms with Gasteiger partial charge in [-0.3, -0.25) is 9.59 Å². The Hall–Kier alpha value is -2.47. The van der Waals surface area contributed by atoms with E-state index in [1.165, 1.54) is 32.4 Å². The van der Waals surface area contributed by atoms with Gasteiger partial charge in [-0.25, -0.2) is 4.79 Å². The first-order valence-electron chi connectivity index (χ1n) is 15.8. The van der Waals surface area contributed by atoms with Gasteiger partial charge in [0.25, 0.3) is 0 Å². The Labute approximate surface area is 271 Å². The van der Waals surface area contributed by atoms with E-state index in [1.807, 2.05) is 0 Å². The lowest BCUT2D eigenvalue weighted by atomic mass is 9.37. The van der Waals surface area contributed by atoms with E-state index in [0.717, 1.165) is 0 Å². The lowest BCUT2D eigenvalue weighted by Gasteiger charge is -2.66. The molecule has 14 atom stereocenters. The molecule has 0 aromatic carbocycles. The van der Waals surface area contributed by atoms with Gasteiger partial charge in [0.2, 0.25) is 0 Å². The average molecular weight is 671 g/mol. The fourth-order valence-corrected chi connectivity index (χ4v) is 9.69. The summed E-state index contributed by atoms with van der Waals surface area (Å²) in [6.07, 6.45) is -10.7. The molecule has 2 aliphatic carbocycles. The second kappa shape index (κ2) is 11.8. The second-order valence-electron chi connectivity index (χ2n) is 14.9. The van der Waals surface area contributed by atoms with Crippen LogP contribution in [0.5, 0.6) is 0 Å². The van der Waals surface area contributed by atoms with Gasteiger partial charge in [-0.2, -0.15) is 0 Å². The number of hydrogen-bond acceptors (Lipinski definition) is 13. The third-order valence-corrected chi connectivity index (χ3v) is 12.1. The predicted molar refractivity (Wildman–Crippen MR) is 156 cm³/mol. The van der Waals surface area contributed by atoms with Crippen LogP contribution >= 0.6 is 0 Å². The van der Waals surface area contributed by atoms with Gasteiger partial charge in [0.1, 0.15) is 35.8 Å². The highest BCUT2D eigenvalue weighted by Gasteiger charge is 2.86. The monoisotopic (exact) mass is 670 g/mol. The number of carboxylic acid groups (broad SMARTS) is 2. The minimum Gasteiger partial charge on any atom is -0.481 e. The number of ether oxygens (including phenoxy) is 3. The molecule has 15 heteroatoms. The molecular weight excluding hydrogens is 624 g/mol. The molecule has 0 bridgehead atoms. The number of furan rings is 1. The van der Waals surface area contributed by atoms with Gasteiger partial charge in [-0.15, -0.1) is 0 Å².